The quantitative estimate of drug-likeness (QED) is 0.428. The van der Waals surface area contributed by atoms with Crippen LogP contribution in [0.25, 0.3) is 0 Å². The van der Waals surface area contributed by atoms with E-state index in [-0.39, 0.29) is 17.7 Å². The number of hydrazine groups is 1. The molecule has 27 heavy (non-hydrogen) atoms. The van der Waals surface area contributed by atoms with Gasteiger partial charge >= 0.3 is 6.03 Å². The topological polar surface area (TPSA) is 104 Å². The van der Waals surface area contributed by atoms with Crippen molar-refractivity contribution >= 4 is 39.2 Å². The molecule has 8 nitrogen and oxygen atoms in total. The highest BCUT2D eigenvalue weighted by Crippen LogP contribution is 2.25. The number of carbonyl (C=O) groups is 2. The van der Waals surface area contributed by atoms with Gasteiger partial charge in [0.05, 0.1) is 11.3 Å². The Morgan fingerprint density at radius 3 is 2.63 bits per heavy atom. The lowest BCUT2D eigenvalue weighted by atomic mass is 10.1. The molecular weight excluding hydrogens is 414 g/mol. The minimum Gasteiger partial charge on any atom is -0.354 e. The van der Waals surface area contributed by atoms with Crippen LogP contribution in [0.4, 0.5) is 16.2 Å². The molecule has 0 aliphatic rings. The summed E-state index contributed by atoms with van der Waals surface area (Å²) in [5.74, 6) is -0.573. The lowest BCUT2D eigenvalue weighted by Crippen LogP contribution is -2.47. The number of hydrogen-bond donors (Lipinski definition) is 4. The van der Waals surface area contributed by atoms with Crippen molar-refractivity contribution in [3.8, 4) is 0 Å². The number of amides is 3. The molecule has 0 fully saturated rings. The van der Waals surface area contributed by atoms with Crippen LogP contribution < -0.4 is 27.0 Å². The number of hydrogen-bond acceptors (Lipinski definition) is 4. The molecule has 9 heteroatoms. The summed E-state index contributed by atoms with van der Waals surface area (Å²) >= 11 is 3.39. The Morgan fingerprint density at radius 2 is 1.96 bits per heavy atom. The molecule has 0 atom stereocenters. The number of aryl methyl sites for hydroxylation is 2. The van der Waals surface area contributed by atoms with Crippen molar-refractivity contribution in [3.05, 3.63) is 69.1 Å². The number of pyridine rings is 1. The van der Waals surface area contributed by atoms with E-state index in [0.717, 1.165) is 15.7 Å². The predicted molar refractivity (Wildman–Crippen MR) is 108 cm³/mol. The molecule has 0 radical (unpaired) electrons. The summed E-state index contributed by atoms with van der Waals surface area (Å²) in [5.41, 5.74) is 6.47. The van der Waals surface area contributed by atoms with E-state index in [0.29, 0.717) is 5.69 Å². The molecule has 3 amide bonds. The zero-order chi connectivity index (χ0) is 20.0. The monoisotopic (exact) mass is 433 g/mol. The molecule has 4 N–H and O–H groups in total. The number of nitrogens with one attached hydrogen (secondary N) is 4. The van der Waals surface area contributed by atoms with Gasteiger partial charge in [-0.15, -0.1) is 6.58 Å². The maximum absolute atomic E-state index is 12.5. The Labute approximate surface area is 164 Å². The number of nitrogens with zero attached hydrogens (tertiary/aromatic N) is 1. The van der Waals surface area contributed by atoms with Crippen LogP contribution >= 0.6 is 15.9 Å². The van der Waals surface area contributed by atoms with Crippen LogP contribution in [0.15, 0.2) is 52.4 Å². The lowest BCUT2D eigenvalue weighted by Gasteiger charge is -2.15. The van der Waals surface area contributed by atoms with Crippen LogP contribution in [0.1, 0.15) is 15.9 Å². The van der Waals surface area contributed by atoms with E-state index in [9.17, 15) is 14.4 Å². The van der Waals surface area contributed by atoms with Crippen molar-refractivity contribution < 1.29 is 9.59 Å². The first-order valence-corrected chi connectivity index (χ1v) is 8.80. The van der Waals surface area contributed by atoms with Gasteiger partial charge in [0.2, 0.25) is 0 Å². The maximum Gasteiger partial charge on any atom is 0.333 e. The Hall–Kier alpha value is -3.07. The van der Waals surface area contributed by atoms with E-state index in [2.05, 4.69) is 44.0 Å². The molecule has 0 unspecified atom stereocenters. The first kappa shape index (κ1) is 20.2. The van der Waals surface area contributed by atoms with Crippen molar-refractivity contribution in [1.82, 2.24) is 20.7 Å². The van der Waals surface area contributed by atoms with Crippen molar-refractivity contribution in [2.45, 2.75) is 6.92 Å². The van der Waals surface area contributed by atoms with Gasteiger partial charge in [-0.1, -0.05) is 22.0 Å². The average molecular weight is 434 g/mol. The molecule has 0 spiro atoms. The van der Waals surface area contributed by atoms with Crippen LogP contribution in [0.5, 0.6) is 0 Å². The molecule has 1 aromatic carbocycles. The summed E-state index contributed by atoms with van der Waals surface area (Å²) in [6.07, 6.45) is 2.91. The van der Waals surface area contributed by atoms with Gasteiger partial charge in [-0.3, -0.25) is 15.0 Å². The minimum atomic E-state index is -0.577. The molecule has 2 aromatic rings. The second kappa shape index (κ2) is 9.04. The summed E-state index contributed by atoms with van der Waals surface area (Å²) in [4.78, 5) is 36.1. The van der Waals surface area contributed by atoms with E-state index in [1.807, 2.05) is 25.1 Å². The van der Waals surface area contributed by atoms with Gasteiger partial charge in [-0.2, -0.15) is 0 Å². The third kappa shape index (κ3) is 5.45. The average Bonchev–Trinajstić information content (AvgIpc) is 2.62. The highest BCUT2D eigenvalue weighted by Gasteiger charge is 2.15. The fourth-order valence-corrected chi connectivity index (χ4v) is 2.69. The van der Waals surface area contributed by atoms with Gasteiger partial charge in [-0.25, -0.2) is 10.2 Å². The fourth-order valence-electron chi connectivity index (χ4n) is 2.22. The Bertz CT molecular complexity index is 939. The predicted octanol–water partition coefficient (Wildman–Crippen LogP) is 2.33. The zero-order valence-electron chi connectivity index (χ0n) is 14.9. The first-order valence-electron chi connectivity index (χ1n) is 8.00. The molecule has 1 heterocycles. The Morgan fingerprint density at radius 1 is 1.22 bits per heavy atom. The third-order valence-corrected chi connectivity index (χ3v) is 4.12. The summed E-state index contributed by atoms with van der Waals surface area (Å²) in [5, 5.41) is 5.57. The van der Waals surface area contributed by atoms with Crippen molar-refractivity contribution in [2.24, 2.45) is 7.05 Å². The minimum absolute atomic E-state index is 0.198. The largest absolute Gasteiger partial charge is 0.354 e. The van der Waals surface area contributed by atoms with E-state index < -0.39 is 11.9 Å². The fraction of sp³-hybridized carbons (Fsp3) is 0.167. The number of benzene rings is 1. The molecular formula is C18H20BrN5O3. The number of carbonyl (C=O) groups excluding carboxylic acids is 2. The van der Waals surface area contributed by atoms with E-state index in [4.69, 9.17) is 0 Å². The number of rotatable bonds is 5. The first-order chi connectivity index (χ1) is 12.8. The maximum atomic E-state index is 12.5. The number of anilines is 2. The molecule has 0 aliphatic heterocycles. The van der Waals surface area contributed by atoms with Crippen LogP contribution in [0.2, 0.25) is 0 Å². The molecule has 0 saturated heterocycles. The van der Waals surface area contributed by atoms with Gasteiger partial charge in [0.25, 0.3) is 11.5 Å². The van der Waals surface area contributed by atoms with Crippen molar-refractivity contribution in [2.75, 3.05) is 11.9 Å². The summed E-state index contributed by atoms with van der Waals surface area (Å²) in [6, 6.07) is 6.34. The summed E-state index contributed by atoms with van der Waals surface area (Å²) < 4.78 is 2.20. The normalized spacial score (nSPS) is 10.0. The Balaban J connectivity index is 2.26. The van der Waals surface area contributed by atoms with Crippen molar-refractivity contribution in [3.63, 3.8) is 0 Å². The highest BCUT2D eigenvalue weighted by atomic mass is 79.9. The molecule has 1 aromatic heterocycles. The van der Waals surface area contributed by atoms with Crippen LogP contribution in [-0.4, -0.2) is 23.1 Å². The van der Waals surface area contributed by atoms with E-state index in [1.165, 1.54) is 30.0 Å². The summed E-state index contributed by atoms with van der Waals surface area (Å²) in [6.45, 7) is 5.65. The molecule has 0 aliphatic carbocycles. The van der Waals surface area contributed by atoms with E-state index in [1.54, 1.807) is 0 Å². The highest BCUT2D eigenvalue weighted by molar-refractivity contribution is 9.10. The number of halogens is 1. The molecule has 142 valence electrons. The zero-order valence-corrected chi connectivity index (χ0v) is 16.5. The van der Waals surface area contributed by atoms with Crippen molar-refractivity contribution in [1.29, 1.82) is 0 Å². The second-order valence-corrected chi connectivity index (χ2v) is 6.63. The van der Waals surface area contributed by atoms with Crippen LogP contribution in [-0.2, 0) is 7.05 Å². The third-order valence-electron chi connectivity index (χ3n) is 3.63. The molecule has 0 saturated carbocycles. The van der Waals surface area contributed by atoms with E-state index >= 15 is 0 Å². The number of urea groups is 1. The van der Waals surface area contributed by atoms with Gasteiger partial charge in [0, 0.05) is 36.0 Å². The Kier molecular flexibility index (Phi) is 6.78. The van der Waals surface area contributed by atoms with Gasteiger partial charge in [-0.05, 0) is 30.7 Å². The van der Waals surface area contributed by atoms with Gasteiger partial charge in [0.15, 0.2) is 0 Å². The lowest BCUT2D eigenvalue weighted by molar-refractivity contribution is 0.0936. The van der Waals surface area contributed by atoms with Crippen LogP contribution in [0, 0.1) is 6.92 Å². The standard InChI is InChI=1S/C18H20BrN5O3/c1-4-7-20-18(27)23-22-17(26)13-10-24(3)16(25)9-15(13)21-14-6-5-12(19)8-11(14)2/h4-6,8-10,21H,1,7H2,2-3H3,(H,22,26)(H2,20,23,27). The molecule has 0 bridgehead atoms. The second-order valence-electron chi connectivity index (χ2n) is 5.71. The SMILES string of the molecule is C=CCNC(=O)NNC(=O)c1cn(C)c(=O)cc1Nc1ccc(Br)cc1C. The summed E-state index contributed by atoms with van der Waals surface area (Å²) in [7, 11) is 1.54. The van der Waals surface area contributed by atoms with Gasteiger partial charge in [0.1, 0.15) is 0 Å². The molecule has 2 rings (SSSR count). The van der Waals surface area contributed by atoms with Crippen LogP contribution in [0.3, 0.4) is 0 Å². The smallest absolute Gasteiger partial charge is 0.333 e. The number of aromatic nitrogens is 1. The van der Waals surface area contributed by atoms with Gasteiger partial charge < -0.3 is 15.2 Å².